The summed E-state index contributed by atoms with van der Waals surface area (Å²) in [5.41, 5.74) is 2.26. The van der Waals surface area contributed by atoms with Gasteiger partial charge in [-0.15, -0.1) is 0 Å². The minimum atomic E-state index is -1.02. The Morgan fingerprint density at radius 1 is 1.00 bits per heavy atom. The first-order valence-electron chi connectivity index (χ1n) is 6.00. The van der Waals surface area contributed by atoms with Crippen LogP contribution in [-0.2, 0) is 0 Å². The molecular formula is C14H7BBr2O3. The van der Waals surface area contributed by atoms with E-state index in [1.165, 1.54) is 0 Å². The molecule has 3 aromatic rings. The Labute approximate surface area is 131 Å². The largest absolute Gasteiger partial charge is 0.564 e. The van der Waals surface area contributed by atoms with E-state index in [0.717, 1.165) is 25.5 Å². The van der Waals surface area contributed by atoms with Gasteiger partial charge in [0.05, 0.1) is 11.0 Å². The van der Waals surface area contributed by atoms with E-state index in [1.54, 1.807) is 0 Å². The zero-order valence-electron chi connectivity index (χ0n) is 10.1. The predicted molar refractivity (Wildman–Crippen MR) is 85.3 cm³/mol. The third kappa shape index (κ3) is 1.75. The van der Waals surface area contributed by atoms with Crippen LogP contribution in [0.5, 0.6) is 5.75 Å². The predicted octanol–water partition coefficient (Wildman–Crippen LogP) is 3.70. The molecule has 1 aromatic heterocycles. The molecule has 2 heterocycles. The van der Waals surface area contributed by atoms with E-state index < -0.39 is 7.12 Å². The summed E-state index contributed by atoms with van der Waals surface area (Å²) >= 11 is 6.82. The van der Waals surface area contributed by atoms with E-state index >= 15 is 0 Å². The first-order valence-corrected chi connectivity index (χ1v) is 7.58. The lowest BCUT2D eigenvalue weighted by molar-refractivity contribution is 0.428. The standard InChI is InChI=1S/C14H7BBr2O3/c16-7-1-3-9-11(5-7)19-14-10-4-2-8(17)6-12(10)20-15(18)13(9)14/h1-6,18H. The number of hydrogen-bond acceptors (Lipinski definition) is 3. The summed E-state index contributed by atoms with van der Waals surface area (Å²) in [6.45, 7) is 0. The monoisotopic (exact) mass is 392 g/mol. The van der Waals surface area contributed by atoms with Crippen LogP contribution < -0.4 is 10.1 Å². The minimum Gasteiger partial charge on any atom is -0.532 e. The SMILES string of the molecule is OB1Oc2cc(Br)ccc2-c2oc3cc(Br)ccc3c21. The molecule has 0 atom stereocenters. The van der Waals surface area contributed by atoms with E-state index in [1.807, 2.05) is 36.4 Å². The Hall–Kier alpha value is -1.24. The Morgan fingerprint density at radius 3 is 2.60 bits per heavy atom. The smallest absolute Gasteiger partial charge is 0.532 e. The molecule has 0 aliphatic carbocycles. The molecule has 0 amide bonds. The molecule has 0 radical (unpaired) electrons. The lowest BCUT2D eigenvalue weighted by Gasteiger charge is -2.19. The molecule has 0 fully saturated rings. The molecule has 2 aromatic carbocycles. The van der Waals surface area contributed by atoms with E-state index in [-0.39, 0.29) is 0 Å². The first-order chi connectivity index (χ1) is 9.63. The molecule has 1 N–H and O–H groups in total. The second-order valence-electron chi connectivity index (χ2n) is 4.60. The van der Waals surface area contributed by atoms with Crippen LogP contribution in [0, 0.1) is 0 Å². The summed E-state index contributed by atoms with van der Waals surface area (Å²) in [6.07, 6.45) is 0. The fourth-order valence-corrected chi connectivity index (χ4v) is 3.18. The number of furan rings is 1. The zero-order valence-corrected chi connectivity index (χ0v) is 13.2. The highest BCUT2D eigenvalue weighted by atomic mass is 79.9. The number of hydrogen-bond donors (Lipinski definition) is 1. The number of rotatable bonds is 0. The molecule has 20 heavy (non-hydrogen) atoms. The van der Waals surface area contributed by atoms with Crippen LogP contribution in [0.1, 0.15) is 0 Å². The van der Waals surface area contributed by atoms with Gasteiger partial charge in [-0.25, -0.2) is 0 Å². The molecule has 1 aliphatic rings. The summed E-state index contributed by atoms with van der Waals surface area (Å²) in [4.78, 5) is 0. The van der Waals surface area contributed by atoms with Crippen LogP contribution in [0.25, 0.3) is 22.3 Å². The highest BCUT2D eigenvalue weighted by molar-refractivity contribution is 9.10. The van der Waals surface area contributed by atoms with Crippen molar-refractivity contribution in [2.75, 3.05) is 0 Å². The third-order valence-corrected chi connectivity index (χ3v) is 4.35. The Morgan fingerprint density at radius 2 is 1.75 bits per heavy atom. The summed E-state index contributed by atoms with van der Waals surface area (Å²) < 4.78 is 13.3. The summed E-state index contributed by atoms with van der Waals surface area (Å²) in [5, 5.41) is 11.1. The van der Waals surface area contributed by atoms with Gasteiger partial charge in [-0.1, -0.05) is 37.9 Å². The van der Waals surface area contributed by atoms with Gasteiger partial charge >= 0.3 is 7.12 Å². The molecule has 0 spiro atoms. The average Bonchev–Trinajstić information content (AvgIpc) is 2.77. The van der Waals surface area contributed by atoms with Crippen molar-refractivity contribution in [3.63, 3.8) is 0 Å². The molecule has 98 valence electrons. The van der Waals surface area contributed by atoms with Gasteiger partial charge in [0, 0.05) is 14.3 Å². The fraction of sp³-hybridized carbons (Fsp3) is 0. The van der Waals surface area contributed by atoms with Crippen molar-refractivity contribution < 1.29 is 14.1 Å². The minimum absolute atomic E-state index is 0.609. The maximum Gasteiger partial charge on any atom is 0.564 e. The van der Waals surface area contributed by atoms with Crippen molar-refractivity contribution in [1.29, 1.82) is 0 Å². The van der Waals surface area contributed by atoms with Crippen LogP contribution >= 0.6 is 31.9 Å². The maximum atomic E-state index is 10.2. The van der Waals surface area contributed by atoms with Gasteiger partial charge < -0.3 is 14.1 Å². The topological polar surface area (TPSA) is 42.6 Å². The molecule has 0 unspecified atom stereocenters. The van der Waals surface area contributed by atoms with E-state index in [4.69, 9.17) is 9.07 Å². The van der Waals surface area contributed by atoms with Gasteiger partial charge in [0.2, 0.25) is 0 Å². The maximum absolute atomic E-state index is 10.2. The van der Waals surface area contributed by atoms with Crippen molar-refractivity contribution in [3.05, 3.63) is 45.3 Å². The normalized spacial score (nSPS) is 13.1. The van der Waals surface area contributed by atoms with Gasteiger partial charge in [0.1, 0.15) is 17.1 Å². The van der Waals surface area contributed by atoms with Crippen LogP contribution in [-0.4, -0.2) is 12.1 Å². The molecule has 3 nitrogen and oxygen atoms in total. The number of benzene rings is 2. The van der Waals surface area contributed by atoms with Gasteiger partial charge in [-0.2, -0.15) is 0 Å². The van der Waals surface area contributed by atoms with E-state index in [9.17, 15) is 5.02 Å². The van der Waals surface area contributed by atoms with Gasteiger partial charge in [0.15, 0.2) is 0 Å². The lowest BCUT2D eigenvalue weighted by atomic mass is 9.74. The molecule has 0 saturated heterocycles. The molecule has 1 aliphatic heterocycles. The Bertz CT molecular complexity index is 844. The highest BCUT2D eigenvalue weighted by Crippen LogP contribution is 2.38. The van der Waals surface area contributed by atoms with Crippen molar-refractivity contribution in [2.24, 2.45) is 0 Å². The van der Waals surface area contributed by atoms with Gasteiger partial charge in [-0.3, -0.25) is 0 Å². The molecule has 6 heteroatoms. The summed E-state index contributed by atoms with van der Waals surface area (Å²) in [5.74, 6) is 1.27. The lowest BCUT2D eigenvalue weighted by Crippen LogP contribution is -2.40. The molecule has 0 saturated carbocycles. The second-order valence-corrected chi connectivity index (χ2v) is 6.43. The van der Waals surface area contributed by atoms with Gasteiger partial charge in [-0.05, 0) is 30.3 Å². The Balaban J connectivity index is 2.07. The number of halogens is 2. The van der Waals surface area contributed by atoms with Crippen molar-refractivity contribution in [3.8, 4) is 17.1 Å². The molecule has 4 rings (SSSR count). The van der Waals surface area contributed by atoms with E-state index in [0.29, 0.717) is 17.0 Å². The van der Waals surface area contributed by atoms with Crippen molar-refractivity contribution in [1.82, 2.24) is 0 Å². The van der Waals surface area contributed by atoms with Crippen LogP contribution in [0.2, 0.25) is 0 Å². The fourth-order valence-electron chi connectivity index (χ4n) is 2.50. The highest BCUT2D eigenvalue weighted by Gasteiger charge is 2.35. The Kier molecular flexibility index (Phi) is 2.74. The third-order valence-electron chi connectivity index (χ3n) is 3.36. The van der Waals surface area contributed by atoms with Crippen LogP contribution in [0.15, 0.2) is 49.8 Å². The zero-order chi connectivity index (χ0) is 13.9. The molecule has 0 bridgehead atoms. The van der Waals surface area contributed by atoms with Crippen molar-refractivity contribution in [2.45, 2.75) is 0 Å². The van der Waals surface area contributed by atoms with Crippen LogP contribution in [0.3, 0.4) is 0 Å². The average molecular weight is 394 g/mol. The molecular weight excluding hydrogens is 387 g/mol. The quantitative estimate of drug-likeness (QED) is 0.592. The van der Waals surface area contributed by atoms with Gasteiger partial charge in [0.25, 0.3) is 0 Å². The van der Waals surface area contributed by atoms with Crippen LogP contribution in [0.4, 0.5) is 0 Å². The summed E-state index contributed by atoms with van der Waals surface area (Å²) in [6, 6.07) is 11.4. The van der Waals surface area contributed by atoms with Crippen molar-refractivity contribution >= 4 is 55.4 Å². The number of fused-ring (bicyclic) bond motifs is 5. The second kappa shape index (κ2) is 4.38. The summed E-state index contributed by atoms with van der Waals surface area (Å²) in [7, 11) is -1.02. The first kappa shape index (κ1) is 12.5. The van der Waals surface area contributed by atoms with E-state index in [2.05, 4.69) is 31.9 Å².